The van der Waals surface area contributed by atoms with Crippen LogP contribution in [0.5, 0.6) is 0 Å². The van der Waals surface area contributed by atoms with Gasteiger partial charge >= 0.3 is 0 Å². The molecule has 0 fully saturated rings. The zero-order chi connectivity index (χ0) is 12.4. The van der Waals surface area contributed by atoms with Gasteiger partial charge in [-0.2, -0.15) is 0 Å². The second-order valence-electron chi connectivity index (χ2n) is 3.43. The molecular formula is C11H10ClN3OS. The normalized spacial score (nSPS) is 10.2. The minimum atomic E-state index is -0.197. The molecule has 0 aliphatic heterocycles. The number of hydrogen-bond donors (Lipinski definition) is 2. The molecule has 88 valence electrons. The maximum Gasteiger partial charge on any atom is 0.267 e. The molecule has 0 saturated carbocycles. The number of nitrogen functional groups attached to an aromatic ring is 1. The van der Waals surface area contributed by atoms with E-state index < -0.39 is 0 Å². The predicted octanol–water partition coefficient (Wildman–Crippen LogP) is 2.94. The number of anilines is 2. The van der Waals surface area contributed by atoms with Gasteiger partial charge in [-0.1, -0.05) is 11.6 Å². The van der Waals surface area contributed by atoms with Crippen molar-refractivity contribution in [2.75, 3.05) is 11.1 Å². The van der Waals surface area contributed by atoms with Gasteiger partial charge in [-0.15, -0.1) is 11.3 Å². The highest BCUT2D eigenvalue weighted by Gasteiger charge is 2.09. The minimum absolute atomic E-state index is 0.197. The van der Waals surface area contributed by atoms with Gasteiger partial charge in [0.05, 0.1) is 21.9 Å². The largest absolute Gasteiger partial charge is 0.397 e. The van der Waals surface area contributed by atoms with Crippen LogP contribution in [0.2, 0.25) is 5.02 Å². The predicted molar refractivity (Wildman–Crippen MR) is 70.7 cm³/mol. The molecule has 6 heteroatoms. The van der Waals surface area contributed by atoms with Crippen molar-refractivity contribution in [3.05, 3.63) is 39.3 Å². The zero-order valence-corrected chi connectivity index (χ0v) is 10.6. The number of nitrogens with zero attached hydrogens (tertiary/aromatic N) is 1. The molecule has 1 aromatic carbocycles. The lowest BCUT2D eigenvalue weighted by Gasteiger charge is -2.05. The van der Waals surface area contributed by atoms with Crippen molar-refractivity contribution in [3.63, 3.8) is 0 Å². The fourth-order valence-corrected chi connectivity index (χ4v) is 2.07. The van der Waals surface area contributed by atoms with Crippen molar-refractivity contribution >= 4 is 40.2 Å². The number of thiazole rings is 1. The summed E-state index contributed by atoms with van der Waals surface area (Å²) in [5.41, 5.74) is 6.70. The molecule has 0 atom stereocenters. The summed E-state index contributed by atoms with van der Waals surface area (Å²) in [6, 6.07) is 4.96. The second-order valence-corrected chi connectivity index (χ2v) is 5.08. The van der Waals surface area contributed by atoms with Crippen molar-refractivity contribution < 1.29 is 4.79 Å². The molecule has 0 unspecified atom stereocenters. The zero-order valence-electron chi connectivity index (χ0n) is 9.03. The monoisotopic (exact) mass is 267 g/mol. The van der Waals surface area contributed by atoms with Crippen molar-refractivity contribution in [1.82, 2.24) is 4.98 Å². The van der Waals surface area contributed by atoms with Crippen LogP contribution in [0.3, 0.4) is 0 Å². The van der Waals surface area contributed by atoms with Crippen molar-refractivity contribution in [2.24, 2.45) is 0 Å². The van der Waals surface area contributed by atoms with Crippen LogP contribution in [0.25, 0.3) is 0 Å². The molecule has 1 amide bonds. The third kappa shape index (κ3) is 2.75. The lowest BCUT2D eigenvalue weighted by molar-refractivity contribution is 0.103. The van der Waals surface area contributed by atoms with Gasteiger partial charge in [0.25, 0.3) is 5.91 Å². The van der Waals surface area contributed by atoms with Crippen molar-refractivity contribution in [3.8, 4) is 0 Å². The molecule has 2 rings (SSSR count). The summed E-state index contributed by atoms with van der Waals surface area (Å²) in [6.45, 7) is 1.85. The van der Waals surface area contributed by atoms with Crippen LogP contribution in [-0.4, -0.2) is 10.9 Å². The average molecular weight is 268 g/mol. The minimum Gasteiger partial charge on any atom is -0.397 e. The number of aromatic nitrogens is 1. The van der Waals surface area contributed by atoms with Crippen LogP contribution in [0.15, 0.2) is 24.4 Å². The first-order valence-electron chi connectivity index (χ1n) is 4.85. The summed E-state index contributed by atoms with van der Waals surface area (Å²) in [5.74, 6) is -0.197. The number of carbonyl (C=O) groups is 1. The molecule has 3 N–H and O–H groups in total. The highest BCUT2D eigenvalue weighted by atomic mass is 35.5. The van der Waals surface area contributed by atoms with Gasteiger partial charge in [-0.3, -0.25) is 4.79 Å². The van der Waals surface area contributed by atoms with Gasteiger partial charge in [-0.25, -0.2) is 4.98 Å². The maximum absolute atomic E-state index is 11.8. The summed E-state index contributed by atoms with van der Waals surface area (Å²) in [6.07, 6.45) is 1.55. The van der Waals surface area contributed by atoms with Crippen LogP contribution in [0, 0.1) is 6.92 Å². The Kier molecular flexibility index (Phi) is 3.31. The number of hydrogen-bond acceptors (Lipinski definition) is 4. The SMILES string of the molecule is Cc1ncc(C(=O)Nc2ccc(Cl)c(N)c2)s1. The van der Waals surface area contributed by atoms with E-state index in [1.54, 1.807) is 24.4 Å². The summed E-state index contributed by atoms with van der Waals surface area (Å²) >= 11 is 7.13. The highest BCUT2D eigenvalue weighted by Crippen LogP contribution is 2.23. The quantitative estimate of drug-likeness (QED) is 0.822. The third-order valence-electron chi connectivity index (χ3n) is 2.10. The number of rotatable bonds is 2. The molecule has 0 aliphatic carbocycles. The molecule has 0 saturated heterocycles. The number of carbonyl (C=O) groups excluding carboxylic acids is 1. The Labute approximate surface area is 107 Å². The van der Waals surface area contributed by atoms with Gasteiger partial charge in [-0.05, 0) is 25.1 Å². The summed E-state index contributed by atoms with van der Waals surface area (Å²) < 4.78 is 0. The van der Waals surface area contributed by atoms with Gasteiger partial charge in [0.2, 0.25) is 0 Å². The summed E-state index contributed by atoms with van der Waals surface area (Å²) in [5, 5.41) is 4.05. The number of amides is 1. The summed E-state index contributed by atoms with van der Waals surface area (Å²) in [4.78, 5) is 16.4. The lowest BCUT2D eigenvalue weighted by Crippen LogP contribution is -2.10. The number of nitrogens with one attached hydrogen (secondary N) is 1. The standard InChI is InChI=1S/C11H10ClN3OS/c1-6-14-5-10(17-6)11(16)15-7-2-3-8(12)9(13)4-7/h2-5H,13H2,1H3,(H,15,16). The van der Waals surface area contributed by atoms with E-state index in [1.165, 1.54) is 11.3 Å². The first kappa shape index (κ1) is 11.9. The fourth-order valence-electron chi connectivity index (χ4n) is 1.28. The summed E-state index contributed by atoms with van der Waals surface area (Å²) in [7, 11) is 0. The van der Waals surface area contributed by atoms with Crippen LogP contribution in [0.1, 0.15) is 14.7 Å². The topological polar surface area (TPSA) is 68.0 Å². The molecular weight excluding hydrogens is 258 g/mol. The second kappa shape index (κ2) is 4.73. The molecule has 1 heterocycles. The smallest absolute Gasteiger partial charge is 0.267 e. The van der Waals surface area contributed by atoms with E-state index in [2.05, 4.69) is 10.3 Å². The van der Waals surface area contributed by atoms with E-state index in [4.69, 9.17) is 17.3 Å². The number of halogens is 1. The van der Waals surface area contributed by atoms with Crippen LogP contribution in [-0.2, 0) is 0 Å². The van der Waals surface area contributed by atoms with E-state index >= 15 is 0 Å². The van der Waals surface area contributed by atoms with Crippen molar-refractivity contribution in [2.45, 2.75) is 6.92 Å². The molecule has 4 nitrogen and oxygen atoms in total. The molecule has 0 spiro atoms. The first-order valence-corrected chi connectivity index (χ1v) is 6.04. The molecule has 17 heavy (non-hydrogen) atoms. The van der Waals surface area contributed by atoms with Gasteiger partial charge in [0.1, 0.15) is 4.88 Å². The Morgan fingerprint density at radius 1 is 1.53 bits per heavy atom. The van der Waals surface area contributed by atoms with Crippen LogP contribution >= 0.6 is 22.9 Å². The number of aryl methyl sites for hydroxylation is 1. The van der Waals surface area contributed by atoms with E-state index in [0.717, 1.165) is 5.01 Å². The van der Waals surface area contributed by atoms with Gasteiger partial charge in [0, 0.05) is 5.69 Å². The maximum atomic E-state index is 11.8. The Bertz CT molecular complexity index is 568. The first-order chi connectivity index (χ1) is 8.06. The Hall–Kier alpha value is -1.59. The average Bonchev–Trinajstić information content (AvgIpc) is 2.70. The molecule has 0 radical (unpaired) electrons. The van der Waals surface area contributed by atoms with E-state index in [9.17, 15) is 4.79 Å². The molecule has 1 aromatic heterocycles. The third-order valence-corrected chi connectivity index (χ3v) is 3.35. The molecule has 2 aromatic rings. The Morgan fingerprint density at radius 3 is 2.88 bits per heavy atom. The molecule has 0 bridgehead atoms. The Morgan fingerprint density at radius 2 is 2.29 bits per heavy atom. The van der Waals surface area contributed by atoms with Crippen molar-refractivity contribution in [1.29, 1.82) is 0 Å². The fraction of sp³-hybridized carbons (Fsp3) is 0.0909. The Balaban J connectivity index is 2.15. The highest BCUT2D eigenvalue weighted by molar-refractivity contribution is 7.13. The van der Waals surface area contributed by atoms with Gasteiger partial charge in [0.15, 0.2) is 0 Å². The van der Waals surface area contributed by atoms with Crippen LogP contribution < -0.4 is 11.1 Å². The number of benzene rings is 1. The van der Waals surface area contributed by atoms with Crippen LogP contribution in [0.4, 0.5) is 11.4 Å². The van der Waals surface area contributed by atoms with E-state index in [-0.39, 0.29) is 5.91 Å². The molecule has 0 aliphatic rings. The van der Waals surface area contributed by atoms with E-state index in [0.29, 0.717) is 21.3 Å². The number of nitrogens with two attached hydrogens (primary N) is 1. The van der Waals surface area contributed by atoms with E-state index in [1.807, 2.05) is 6.92 Å². The van der Waals surface area contributed by atoms with Gasteiger partial charge < -0.3 is 11.1 Å². The lowest BCUT2D eigenvalue weighted by atomic mass is 10.3.